The van der Waals surface area contributed by atoms with E-state index < -0.39 is 23.7 Å². The lowest BCUT2D eigenvalue weighted by molar-refractivity contribution is -0.225. The molecule has 2 atom stereocenters. The maximum absolute atomic E-state index is 13.7. The van der Waals surface area contributed by atoms with Gasteiger partial charge in [0.15, 0.2) is 6.10 Å². The standard InChI is InChI=1S/C12H12F4O3/c1-17-7-2-3-9(10(13)4-7)11(12(14,15)16)19-6-8-5-18-8/h2-4,8,11H,5-6H2,1H3/t8-,11-/m1/s1. The van der Waals surface area contributed by atoms with E-state index in [9.17, 15) is 17.6 Å². The molecule has 0 saturated carbocycles. The van der Waals surface area contributed by atoms with Crippen LogP contribution in [0.1, 0.15) is 11.7 Å². The van der Waals surface area contributed by atoms with Crippen molar-refractivity contribution < 1.29 is 31.8 Å². The van der Waals surface area contributed by atoms with Gasteiger partial charge in [0.25, 0.3) is 0 Å². The molecule has 106 valence electrons. The maximum atomic E-state index is 13.7. The van der Waals surface area contributed by atoms with Crippen LogP contribution in [0.25, 0.3) is 0 Å². The van der Waals surface area contributed by atoms with Gasteiger partial charge in [0.1, 0.15) is 17.7 Å². The van der Waals surface area contributed by atoms with Crippen LogP contribution in [0.3, 0.4) is 0 Å². The average molecular weight is 280 g/mol. The fourth-order valence-electron chi connectivity index (χ4n) is 1.58. The monoisotopic (exact) mass is 280 g/mol. The summed E-state index contributed by atoms with van der Waals surface area (Å²) in [4.78, 5) is 0. The predicted octanol–water partition coefficient (Wildman–Crippen LogP) is 2.85. The minimum absolute atomic E-state index is 0.146. The van der Waals surface area contributed by atoms with Crippen LogP contribution in [-0.4, -0.2) is 32.6 Å². The number of rotatable bonds is 5. The van der Waals surface area contributed by atoms with Gasteiger partial charge >= 0.3 is 6.18 Å². The summed E-state index contributed by atoms with van der Waals surface area (Å²) in [6.45, 7) is 0.158. The quantitative estimate of drug-likeness (QED) is 0.614. The van der Waals surface area contributed by atoms with E-state index in [1.54, 1.807) is 0 Å². The topological polar surface area (TPSA) is 31.0 Å². The van der Waals surface area contributed by atoms with Gasteiger partial charge in [-0.1, -0.05) is 0 Å². The number of hydrogen-bond acceptors (Lipinski definition) is 3. The van der Waals surface area contributed by atoms with Crippen LogP contribution in [0.5, 0.6) is 5.75 Å². The van der Waals surface area contributed by atoms with Crippen molar-refractivity contribution in [1.29, 1.82) is 0 Å². The molecule has 1 aromatic carbocycles. The van der Waals surface area contributed by atoms with Gasteiger partial charge in [0, 0.05) is 11.6 Å². The van der Waals surface area contributed by atoms with Crippen LogP contribution < -0.4 is 4.74 Å². The molecule has 1 fully saturated rings. The Morgan fingerprint density at radius 1 is 1.42 bits per heavy atom. The number of epoxide rings is 1. The van der Waals surface area contributed by atoms with E-state index in [0.29, 0.717) is 6.61 Å². The van der Waals surface area contributed by atoms with E-state index in [4.69, 9.17) is 14.2 Å². The van der Waals surface area contributed by atoms with Crippen LogP contribution >= 0.6 is 0 Å². The van der Waals surface area contributed by atoms with Crippen LogP contribution in [-0.2, 0) is 9.47 Å². The van der Waals surface area contributed by atoms with E-state index in [1.165, 1.54) is 13.2 Å². The highest BCUT2D eigenvalue weighted by Crippen LogP contribution is 2.38. The molecule has 0 bridgehead atoms. The van der Waals surface area contributed by atoms with Crippen molar-refractivity contribution in [3.05, 3.63) is 29.6 Å². The molecule has 0 spiro atoms. The summed E-state index contributed by atoms with van der Waals surface area (Å²) < 4.78 is 66.5. The first-order valence-electron chi connectivity index (χ1n) is 5.55. The number of benzene rings is 1. The fraction of sp³-hybridized carbons (Fsp3) is 0.500. The second-order valence-corrected chi connectivity index (χ2v) is 4.10. The third-order valence-electron chi connectivity index (χ3n) is 2.64. The van der Waals surface area contributed by atoms with Crippen molar-refractivity contribution >= 4 is 0 Å². The van der Waals surface area contributed by atoms with E-state index >= 15 is 0 Å². The van der Waals surface area contributed by atoms with E-state index in [-0.39, 0.29) is 18.5 Å². The molecule has 1 saturated heterocycles. The minimum Gasteiger partial charge on any atom is -0.497 e. The molecule has 0 aromatic heterocycles. The molecule has 0 amide bonds. The van der Waals surface area contributed by atoms with Crippen LogP contribution in [0, 0.1) is 5.82 Å². The highest BCUT2D eigenvalue weighted by Gasteiger charge is 2.44. The van der Waals surface area contributed by atoms with Crippen LogP contribution in [0.2, 0.25) is 0 Å². The average Bonchev–Trinajstić information content (AvgIpc) is 3.13. The first kappa shape index (κ1) is 14.1. The predicted molar refractivity (Wildman–Crippen MR) is 57.4 cm³/mol. The van der Waals surface area contributed by atoms with E-state index in [2.05, 4.69) is 0 Å². The Kier molecular flexibility index (Phi) is 3.96. The van der Waals surface area contributed by atoms with E-state index in [1.807, 2.05) is 0 Å². The zero-order valence-electron chi connectivity index (χ0n) is 10.0. The lowest BCUT2D eigenvalue weighted by Gasteiger charge is -2.21. The summed E-state index contributed by atoms with van der Waals surface area (Å²) >= 11 is 0. The zero-order valence-corrected chi connectivity index (χ0v) is 10.0. The third kappa shape index (κ3) is 3.57. The fourth-order valence-corrected chi connectivity index (χ4v) is 1.58. The second kappa shape index (κ2) is 5.34. The van der Waals surface area contributed by atoms with Gasteiger partial charge in [-0.3, -0.25) is 0 Å². The summed E-state index contributed by atoms with van der Waals surface area (Å²) in [6, 6.07) is 3.17. The van der Waals surface area contributed by atoms with Crippen molar-refractivity contribution in [2.45, 2.75) is 18.4 Å². The second-order valence-electron chi connectivity index (χ2n) is 4.10. The van der Waals surface area contributed by atoms with Gasteiger partial charge in [-0.25, -0.2) is 4.39 Å². The lowest BCUT2D eigenvalue weighted by Crippen LogP contribution is -2.26. The van der Waals surface area contributed by atoms with Gasteiger partial charge in [-0.05, 0) is 12.1 Å². The number of methoxy groups -OCH3 is 1. The van der Waals surface area contributed by atoms with Crippen molar-refractivity contribution in [1.82, 2.24) is 0 Å². The zero-order chi connectivity index (χ0) is 14.0. The first-order chi connectivity index (χ1) is 8.91. The molecule has 3 nitrogen and oxygen atoms in total. The van der Waals surface area contributed by atoms with E-state index in [0.717, 1.165) is 12.1 Å². The van der Waals surface area contributed by atoms with Gasteiger partial charge in [0.2, 0.25) is 0 Å². The smallest absolute Gasteiger partial charge is 0.418 e. The van der Waals surface area contributed by atoms with Crippen molar-refractivity contribution in [2.75, 3.05) is 20.3 Å². The highest BCUT2D eigenvalue weighted by atomic mass is 19.4. The molecule has 1 aromatic rings. The summed E-state index contributed by atoms with van der Waals surface area (Å²) in [6.07, 6.45) is -7.32. The Hall–Kier alpha value is -1.34. The first-order valence-corrected chi connectivity index (χ1v) is 5.55. The summed E-state index contributed by atoms with van der Waals surface area (Å²) in [7, 11) is 1.30. The van der Waals surface area contributed by atoms with Crippen LogP contribution in [0.15, 0.2) is 18.2 Å². The molecule has 1 aliphatic heterocycles. The van der Waals surface area contributed by atoms with Gasteiger partial charge < -0.3 is 14.2 Å². The molecule has 2 rings (SSSR count). The number of ether oxygens (including phenoxy) is 3. The Balaban J connectivity index is 2.20. The minimum atomic E-state index is -4.69. The van der Waals surface area contributed by atoms with Crippen molar-refractivity contribution in [2.24, 2.45) is 0 Å². The van der Waals surface area contributed by atoms with Crippen LogP contribution in [0.4, 0.5) is 17.6 Å². The van der Waals surface area contributed by atoms with Gasteiger partial charge in [-0.2, -0.15) is 13.2 Å². The molecular formula is C12H12F4O3. The van der Waals surface area contributed by atoms with Crippen molar-refractivity contribution in [3.63, 3.8) is 0 Å². The molecule has 0 aliphatic carbocycles. The Bertz CT molecular complexity index is 443. The largest absolute Gasteiger partial charge is 0.497 e. The lowest BCUT2D eigenvalue weighted by atomic mass is 10.1. The molecular weight excluding hydrogens is 268 g/mol. The third-order valence-corrected chi connectivity index (χ3v) is 2.64. The number of halogens is 4. The maximum Gasteiger partial charge on any atom is 0.418 e. The number of alkyl halides is 3. The summed E-state index contributed by atoms with van der Waals surface area (Å²) in [5.41, 5.74) is -0.561. The van der Waals surface area contributed by atoms with Gasteiger partial charge in [-0.15, -0.1) is 0 Å². The molecule has 19 heavy (non-hydrogen) atoms. The summed E-state index contributed by atoms with van der Waals surface area (Å²) in [5, 5.41) is 0. The molecule has 1 aliphatic rings. The Morgan fingerprint density at radius 2 is 2.11 bits per heavy atom. The molecule has 0 radical (unpaired) electrons. The molecule has 0 unspecified atom stereocenters. The Labute approximate surface area is 107 Å². The molecule has 1 heterocycles. The SMILES string of the molecule is COc1ccc([C@@H](OC[C@H]2CO2)C(F)(F)F)c(F)c1. The van der Waals surface area contributed by atoms with Crippen molar-refractivity contribution in [3.8, 4) is 5.75 Å². The number of hydrogen-bond donors (Lipinski definition) is 0. The molecule has 0 N–H and O–H groups in total. The summed E-state index contributed by atoms with van der Waals surface area (Å²) in [5.74, 6) is -0.869. The highest BCUT2D eigenvalue weighted by molar-refractivity contribution is 5.31. The Morgan fingerprint density at radius 3 is 2.58 bits per heavy atom. The normalized spacial score (nSPS) is 20.2. The van der Waals surface area contributed by atoms with Gasteiger partial charge in [0.05, 0.1) is 20.3 Å². The molecule has 7 heteroatoms.